The summed E-state index contributed by atoms with van der Waals surface area (Å²) in [5.74, 6) is -0.959. The summed E-state index contributed by atoms with van der Waals surface area (Å²) in [6.07, 6.45) is -0.223. The van der Waals surface area contributed by atoms with Gasteiger partial charge < -0.3 is 15.2 Å². The van der Waals surface area contributed by atoms with Crippen molar-refractivity contribution in [3.8, 4) is 0 Å². The van der Waals surface area contributed by atoms with Crippen LogP contribution >= 0.6 is 23.2 Å². The van der Waals surface area contributed by atoms with E-state index in [9.17, 15) is 4.79 Å². The van der Waals surface area contributed by atoms with Crippen LogP contribution in [0.1, 0.15) is 18.1 Å². The summed E-state index contributed by atoms with van der Waals surface area (Å²) in [5, 5.41) is 13.1. The Morgan fingerprint density at radius 2 is 2.21 bits per heavy atom. The first kappa shape index (κ1) is 14.6. The molecule has 6 heteroatoms. The van der Waals surface area contributed by atoms with Gasteiger partial charge in [0.2, 0.25) is 0 Å². The van der Waals surface area contributed by atoms with Crippen molar-refractivity contribution in [2.75, 3.05) is 19.7 Å². The van der Waals surface area contributed by atoms with Gasteiger partial charge in [0.25, 0.3) is 0 Å². The molecule has 1 aliphatic rings. The summed E-state index contributed by atoms with van der Waals surface area (Å²) < 4.78 is 5.77. The lowest BCUT2D eigenvalue weighted by Gasteiger charge is -2.24. The standard InChI is InChI=1S/C13H15Cl2NO3/c14-10-2-1-8(5-11(10)15)13-9(6-12(17)18)7-16-3-4-19-13/h1-2,5,9,13,16H,3-4,6-7H2,(H,17,18). The van der Waals surface area contributed by atoms with E-state index in [1.165, 1.54) is 0 Å². The molecule has 2 rings (SSSR count). The summed E-state index contributed by atoms with van der Waals surface area (Å²) >= 11 is 11.9. The molecule has 1 heterocycles. The molecule has 0 spiro atoms. The molecule has 1 aromatic carbocycles. The molecule has 1 aliphatic heterocycles. The van der Waals surface area contributed by atoms with Crippen LogP contribution in [0.4, 0.5) is 0 Å². The Labute approximate surface area is 121 Å². The lowest BCUT2D eigenvalue weighted by Crippen LogP contribution is -2.26. The van der Waals surface area contributed by atoms with Gasteiger partial charge in [0, 0.05) is 19.0 Å². The van der Waals surface area contributed by atoms with Gasteiger partial charge in [0.15, 0.2) is 0 Å². The third-order valence-electron chi connectivity index (χ3n) is 3.12. The van der Waals surface area contributed by atoms with Crippen LogP contribution < -0.4 is 5.32 Å². The second kappa shape index (κ2) is 6.57. The Morgan fingerprint density at radius 3 is 2.89 bits per heavy atom. The van der Waals surface area contributed by atoms with Crippen molar-refractivity contribution in [2.24, 2.45) is 5.92 Å². The van der Waals surface area contributed by atoms with Gasteiger partial charge >= 0.3 is 5.97 Å². The zero-order valence-corrected chi connectivity index (χ0v) is 11.7. The zero-order chi connectivity index (χ0) is 13.8. The highest BCUT2D eigenvalue weighted by Crippen LogP contribution is 2.33. The molecule has 1 aromatic rings. The molecule has 0 aromatic heterocycles. The van der Waals surface area contributed by atoms with E-state index in [1.807, 2.05) is 6.07 Å². The van der Waals surface area contributed by atoms with Gasteiger partial charge in [0.05, 0.1) is 29.2 Å². The fraction of sp³-hybridized carbons (Fsp3) is 0.462. The van der Waals surface area contributed by atoms with Crippen LogP contribution in [0.15, 0.2) is 18.2 Å². The number of carboxylic acid groups (broad SMARTS) is 1. The summed E-state index contributed by atoms with van der Waals surface area (Å²) in [6, 6.07) is 5.28. The average molecular weight is 304 g/mol. The second-order valence-electron chi connectivity index (χ2n) is 4.53. The predicted octanol–water partition coefficient (Wildman–Crippen LogP) is 2.75. The van der Waals surface area contributed by atoms with Gasteiger partial charge in [-0.05, 0) is 17.7 Å². The topological polar surface area (TPSA) is 58.6 Å². The van der Waals surface area contributed by atoms with Crippen LogP contribution in [0.5, 0.6) is 0 Å². The number of ether oxygens (including phenoxy) is 1. The Kier molecular flexibility index (Phi) is 5.05. The quantitative estimate of drug-likeness (QED) is 0.901. The summed E-state index contributed by atoms with van der Waals surface area (Å²) in [4.78, 5) is 10.9. The fourth-order valence-corrected chi connectivity index (χ4v) is 2.56. The molecule has 2 unspecified atom stereocenters. The number of nitrogens with one attached hydrogen (secondary N) is 1. The van der Waals surface area contributed by atoms with E-state index >= 15 is 0 Å². The first-order valence-electron chi connectivity index (χ1n) is 6.07. The third kappa shape index (κ3) is 3.83. The highest BCUT2D eigenvalue weighted by molar-refractivity contribution is 6.42. The zero-order valence-electron chi connectivity index (χ0n) is 10.2. The molecule has 0 bridgehead atoms. The van der Waals surface area contributed by atoms with Gasteiger partial charge in [-0.15, -0.1) is 0 Å². The highest BCUT2D eigenvalue weighted by atomic mass is 35.5. The third-order valence-corrected chi connectivity index (χ3v) is 3.86. The summed E-state index contributed by atoms with van der Waals surface area (Å²) in [7, 11) is 0. The van der Waals surface area contributed by atoms with Crippen LogP contribution in [-0.4, -0.2) is 30.8 Å². The van der Waals surface area contributed by atoms with E-state index in [0.29, 0.717) is 29.7 Å². The lowest BCUT2D eigenvalue weighted by atomic mass is 9.92. The van der Waals surface area contributed by atoms with E-state index in [0.717, 1.165) is 5.56 Å². The van der Waals surface area contributed by atoms with Crippen molar-refractivity contribution in [3.05, 3.63) is 33.8 Å². The van der Waals surface area contributed by atoms with Gasteiger partial charge in [-0.25, -0.2) is 0 Å². The van der Waals surface area contributed by atoms with Crippen LogP contribution in [0.2, 0.25) is 10.0 Å². The Morgan fingerprint density at radius 1 is 1.42 bits per heavy atom. The van der Waals surface area contributed by atoms with E-state index in [1.54, 1.807) is 12.1 Å². The number of carbonyl (C=O) groups is 1. The molecule has 19 heavy (non-hydrogen) atoms. The first-order valence-corrected chi connectivity index (χ1v) is 6.82. The highest BCUT2D eigenvalue weighted by Gasteiger charge is 2.28. The predicted molar refractivity (Wildman–Crippen MR) is 73.8 cm³/mol. The molecule has 0 amide bonds. The van der Waals surface area contributed by atoms with E-state index in [2.05, 4.69) is 5.32 Å². The molecule has 4 nitrogen and oxygen atoms in total. The normalized spacial score (nSPS) is 23.9. The number of rotatable bonds is 3. The number of hydrogen-bond donors (Lipinski definition) is 2. The van der Waals surface area contributed by atoms with Crippen LogP contribution in [0, 0.1) is 5.92 Å². The second-order valence-corrected chi connectivity index (χ2v) is 5.34. The molecule has 0 saturated carbocycles. The van der Waals surface area contributed by atoms with E-state index < -0.39 is 5.97 Å². The SMILES string of the molecule is O=C(O)CC1CNCCOC1c1ccc(Cl)c(Cl)c1. The smallest absolute Gasteiger partial charge is 0.303 e. The largest absolute Gasteiger partial charge is 0.481 e. The summed E-state index contributed by atoms with van der Waals surface area (Å²) in [5.41, 5.74) is 0.865. The van der Waals surface area contributed by atoms with Crippen molar-refractivity contribution in [2.45, 2.75) is 12.5 Å². The van der Waals surface area contributed by atoms with Crippen LogP contribution in [0.25, 0.3) is 0 Å². The maximum atomic E-state index is 10.9. The minimum Gasteiger partial charge on any atom is -0.481 e. The maximum Gasteiger partial charge on any atom is 0.303 e. The average Bonchev–Trinajstić information content (AvgIpc) is 2.57. The maximum absolute atomic E-state index is 10.9. The van der Waals surface area contributed by atoms with Gasteiger partial charge in [-0.2, -0.15) is 0 Å². The molecule has 2 N–H and O–H groups in total. The molecule has 104 valence electrons. The monoisotopic (exact) mass is 303 g/mol. The molecule has 1 fully saturated rings. The fourth-order valence-electron chi connectivity index (χ4n) is 2.25. The molecular weight excluding hydrogens is 289 g/mol. The number of halogens is 2. The van der Waals surface area contributed by atoms with Crippen molar-refractivity contribution in [3.63, 3.8) is 0 Å². The molecule has 0 aliphatic carbocycles. The van der Waals surface area contributed by atoms with Gasteiger partial charge in [0.1, 0.15) is 0 Å². The van der Waals surface area contributed by atoms with Crippen molar-refractivity contribution in [1.82, 2.24) is 5.32 Å². The van der Waals surface area contributed by atoms with Crippen molar-refractivity contribution < 1.29 is 14.6 Å². The Bertz CT molecular complexity index is 467. The first-order chi connectivity index (χ1) is 9.08. The molecule has 2 atom stereocenters. The van der Waals surface area contributed by atoms with Crippen LogP contribution in [0.3, 0.4) is 0 Å². The molecule has 1 saturated heterocycles. The molecule has 0 radical (unpaired) electrons. The summed E-state index contributed by atoms with van der Waals surface area (Å²) in [6.45, 7) is 1.87. The lowest BCUT2D eigenvalue weighted by molar-refractivity contribution is -0.139. The number of benzene rings is 1. The van der Waals surface area contributed by atoms with Gasteiger partial charge in [-0.3, -0.25) is 4.79 Å². The Balaban J connectivity index is 2.25. The van der Waals surface area contributed by atoms with Crippen molar-refractivity contribution >= 4 is 29.2 Å². The number of hydrogen-bond acceptors (Lipinski definition) is 3. The Hall–Kier alpha value is -0.810. The van der Waals surface area contributed by atoms with E-state index in [4.69, 9.17) is 33.0 Å². The van der Waals surface area contributed by atoms with Crippen LogP contribution in [-0.2, 0) is 9.53 Å². The van der Waals surface area contributed by atoms with Crippen molar-refractivity contribution in [1.29, 1.82) is 0 Å². The number of carboxylic acids is 1. The minimum absolute atomic E-state index is 0.0535. The van der Waals surface area contributed by atoms with Gasteiger partial charge in [-0.1, -0.05) is 29.3 Å². The minimum atomic E-state index is -0.831. The number of aliphatic carboxylic acids is 1. The van der Waals surface area contributed by atoms with E-state index in [-0.39, 0.29) is 18.4 Å². The molecular formula is C13H15Cl2NO3.